The second kappa shape index (κ2) is 17.3. The molecule has 4 aromatic rings. The van der Waals surface area contributed by atoms with Crippen LogP contribution >= 0.6 is 0 Å². The van der Waals surface area contributed by atoms with Crippen LogP contribution in [0.1, 0.15) is 22.3 Å². The first-order valence-electron chi connectivity index (χ1n) is 15.7. The molecule has 1 fully saturated rings. The molecular formula is C38H36N4O6. The molecule has 0 aromatic heterocycles. The van der Waals surface area contributed by atoms with Crippen LogP contribution in [0.15, 0.2) is 109 Å². The molecule has 10 heteroatoms. The number of rotatable bonds is 16. The first kappa shape index (κ1) is 33.7. The van der Waals surface area contributed by atoms with Crippen molar-refractivity contribution < 1.29 is 28.5 Å². The zero-order chi connectivity index (χ0) is 33.6. The van der Waals surface area contributed by atoms with Gasteiger partial charge in [-0.25, -0.2) is 0 Å². The molecule has 1 saturated heterocycles. The lowest BCUT2D eigenvalue weighted by molar-refractivity contribution is -0.159. The van der Waals surface area contributed by atoms with Crippen molar-refractivity contribution in [2.45, 2.75) is 25.4 Å². The number of benzene rings is 4. The molecule has 2 amide bonds. The molecule has 10 nitrogen and oxygen atoms in total. The maximum absolute atomic E-state index is 13.4. The molecule has 1 heterocycles. The summed E-state index contributed by atoms with van der Waals surface area (Å²) in [5, 5.41) is 18.2. The van der Waals surface area contributed by atoms with Crippen LogP contribution in [0.5, 0.6) is 11.5 Å². The lowest BCUT2D eigenvalue weighted by Gasteiger charge is -2.36. The Morgan fingerprint density at radius 3 is 1.29 bits per heavy atom. The number of nitrogens with zero attached hydrogens (tertiary/aromatic N) is 4. The highest BCUT2D eigenvalue weighted by molar-refractivity contribution is 6.35. The monoisotopic (exact) mass is 644 g/mol. The third kappa shape index (κ3) is 9.91. The van der Waals surface area contributed by atoms with Gasteiger partial charge in [0.2, 0.25) is 0 Å². The smallest absolute Gasteiger partial charge is 0.312 e. The van der Waals surface area contributed by atoms with E-state index in [0.717, 1.165) is 11.1 Å². The van der Waals surface area contributed by atoms with Crippen LogP contribution in [0.3, 0.4) is 0 Å². The average Bonchev–Trinajstić information content (AvgIpc) is 3.14. The summed E-state index contributed by atoms with van der Waals surface area (Å²) in [6.45, 7) is 1.86. The van der Waals surface area contributed by atoms with E-state index in [9.17, 15) is 9.59 Å². The maximum Gasteiger partial charge on any atom is 0.312 e. The molecule has 1 aliphatic heterocycles. The van der Waals surface area contributed by atoms with Gasteiger partial charge >= 0.3 is 11.8 Å². The summed E-state index contributed by atoms with van der Waals surface area (Å²) in [7, 11) is 0. The van der Waals surface area contributed by atoms with E-state index in [-0.39, 0.29) is 26.3 Å². The highest BCUT2D eigenvalue weighted by Gasteiger charge is 2.35. The molecule has 0 saturated carbocycles. The lowest BCUT2D eigenvalue weighted by Crippen LogP contribution is -2.58. The Morgan fingerprint density at radius 2 is 0.938 bits per heavy atom. The number of nitriles is 2. The number of carbonyl (C=O) groups excluding carboxylic acids is 2. The third-order valence-electron chi connectivity index (χ3n) is 7.74. The van der Waals surface area contributed by atoms with Crippen LogP contribution in [0.2, 0.25) is 0 Å². The second-order valence-corrected chi connectivity index (χ2v) is 11.2. The number of ether oxygens (including phenoxy) is 4. The predicted octanol–water partition coefficient (Wildman–Crippen LogP) is 4.73. The highest BCUT2D eigenvalue weighted by Crippen LogP contribution is 2.17. The Balaban J connectivity index is 1.21. The van der Waals surface area contributed by atoms with Gasteiger partial charge in [-0.05, 0) is 59.7 Å². The second-order valence-electron chi connectivity index (χ2n) is 11.2. The summed E-state index contributed by atoms with van der Waals surface area (Å²) in [6, 6.07) is 37.0. The van der Waals surface area contributed by atoms with E-state index in [1.54, 1.807) is 48.5 Å². The van der Waals surface area contributed by atoms with Crippen LogP contribution in [0.25, 0.3) is 0 Å². The molecule has 2 unspecified atom stereocenters. The lowest BCUT2D eigenvalue weighted by atomic mass is 10.2. The zero-order valence-electron chi connectivity index (χ0n) is 26.4. The van der Waals surface area contributed by atoms with E-state index in [1.807, 2.05) is 60.7 Å². The Morgan fingerprint density at radius 1 is 0.562 bits per heavy atom. The summed E-state index contributed by atoms with van der Waals surface area (Å²) < 4.78 is 24.3. The van der Waals surface area contributed by atoms with Crippen molar-refractivity contribution in [1.29, 1.82) is 10.5 Å². The Labute approximate surface area is 280 Å². The molecule has 244 valence electrons. The van der Waals surface area contributed by atoms with Crippen molar-refractivity contribution in [2.75, 3.05) is 39.4 Å². The molecule has 48 heavy (non-hydrogen) atoms. The molecular weight excluding hydrogens is 608 g/mol. The normalized spacial score (nSPS) is 14.1. The zero-order valence-corrected chi connectivity index (χ0v) is 26.4. The van der Waals surface area contributed by atoms with Gasteiger partial charge in [0, 0.05) is 13.1 Å². The van der Waals surface area contributed by atoms with Gasteiger partial charge in [-0.3, -0.25) is 9.59 Å². The highest BCUT2D eigenvalue weighted by atomic mass is 16.5. The fourth-order valence-corrected chi connectivity index (χ4v) is 5.07. The van der Waals surface area contributed by atoms with Gasteiger partial charge < -0.3 is 28.7 Å². The molecule has 5 rings (SSSR count). The van der Waals surface area contributed by atoms with Gasteiger partial charge in [0.25, 0.3) is 0 Å². The van der Waals surface area contributed by atoms with Crippen molar-refractivity contribution >= 4 is 11.8 Å². The summed E-state index contributed by atoms with van der Waals surface area (Å²) in [6.07, 6.45) is -1.04. The standard InChI is InChI=1S/C38H36N4O6/c39-21-29-11-15-33(16-12-29)47-27-35(45-25-31-7-3-1-4-8-31)23-41-19-20-42(38(44)37(41)43)24-36(46-26-32-9-5-2-6-10-32)28-48-34-17-13-30(22-40)14-18-34/h1-18,35-36H,19-20,23-28H2. The largest absolute Gasteiger partial charge is 0.491 e. The van der Waals surface area contributed by atoms with Crippen LogP contribution < -0.4 is 9.47 Å². The Hall–Kier alpha value is -5.68. The number of piperazine rings is 1. The van der Waals surface area contributed by atoms with E-state index in [1.165, 1.54) is 9.80 Å². The van der Waals surface area contributed by atoms with Gasteiger partial charge in [0.15, 0.2) is 0 Å². The SMILES string of the molecule is N#Cc1ccc(OCC(CN2CCN(CC(COc3ccc(C#N)cc3)OCc3ccccc3)C(=O)C2=O)OCc2ccccc2)cc1. The minimum Gasteiger partial charge on any atom is -0.491 e. The number of amides is 2. The Bertz CT molecular complexity index is 1570. The van der Waals surface area contributed by atoms with Gasteiger partial charge in [-0.1, -0.05) is 60.7 Å². The van der Waals surface area contributed by atoms with Crippen LogP contribution in [0.4, 0.5) is 0 Å². The summed E-state index contributed by atoms with van der Waals surface area (Å²) >= 11 is 0. The predicted molar refractivity (Wildman–Crippen MR) is 177 cm³/mol. The molecule has 0 spiro atoms. The topological polar surface area (TPSA) is 125 Å². The Kier molecular flexibility index (Phi) is 12.1. The summed E-state index contributed by atoms with van der Waals surface area (Å²) in [5.74, 6) is -0.107. The van der Waals surface area contributed by atoms with E-state index >= 15 is 0 Å². The van der Waals surface area contributed by atoms with Gasteiger partial charge in [0.1, 0.15) is 36.9 Å². The van der Waals surface area contributed by atoms with Gasteiger partial charge in [-0.2, -0.15) is 10.5 Å². The van der Waals surface area contributed by atoms with E-state index in [0.29, 0.717) is 48.9 Å². The molecule has 4 aromatic carbocycles. The fraction of sp³-hybridized carbons (Fsp3) is 0.263. The van der Waals surface area contributed by atoms with Crippen LogP contribution in [-0.2, 0) is 32.3 Å². The van der Waals surface area contributed by atoms with E-state index in [4.69, 9.17) is 29.5 Å². The molecule has 2 atom stereocenters. The first-order chi connectivity index (χ1) is 23.5. The van der Waals surface area contributed by atoms with Crippen molar-refractivity contribution in [3.05, 3.63) is 131 Å². The minimum absolute atomic E-state index is 0.141. The fourth-order valence-electron chi connectivity index (χ4n) is 5.07. The summed E-state index contributed by atoms with van der Waals surface area (Å²) in [5.41, 5.74) is 2.99. The molecule has 0 radical (unpaired) electrons. The number of hydrogen-bond donors (Lipinski definition) is 0. The van der Waals surface area contributed by atoms with E-state index in [2.05, 4.69) is 12.1 Å². The van der Waals surface area contributed by atoms with Gasteiger partial charge in [-0.15, -0.1) is 0 Å². The van der Waals surface area contributed by atoms with Crippen LogP contribution in [0, 0.1) is 22.7 Å². The van der Waals surface area contributed by atoms with Crippen molar-refractivity contribution in [1.82, 2.24) is 9.80 Å². The molecule has 0 bridgehead atoms. The van der Waals surface area contributed by atoms with Crippen molar-refractivity contribution in [3.8, 4) is 23.6 Å². The van der Waals surface area contributed by atoms with Gasteiger partial charge in [0.05, 0.1) is 49.6 Å². The average molecular weight is 645 g/mol. The van der Waals surface area contributed by atoms with Crippen molar-refractivity contribution in [2.24, 2.45) is 0 Å². The third-order valence-corrected chi connectivity index (χ3v) is 7.74. The molecule has 0 aliphatic carbocycles. The molecule has 0 N–H and O–H groups in total. The van der Waals surface area contributed by atoms with Crippen LogP contribution in [-0.4, -0.2) is 73.2 Å². The maximum atomic E-state index is 13.4. The van der Waals surface area contributed by atoms with E-state index < -0.39 is 24.0 Å². The van der Waals surface area contributed by atoms with Crippen molar-refractivity contribution in [3.63, 3.8) is 0 Å². The summed E-state index contributed by atoms with van der Waals surface area (Å²) in [4.78, 5) is 29.8. The quantitative estimate of drug-likeness (QED) is 0.160. The minimum atomic E-state index is -0.622. The number of hydrogen-bond acceptors (Lipinski definition) is 8. The first-order valence-corrected chi connectivity index (χ1v) is 15.7. The number of carbonyl (C=O) groups is 2. The molecule has 1 aliphatic rings.